The zero-order valence-corrected chi connectivity index (χ0v) is 11.1. The standard InChI is InChI=1S/C14H17ClFNO/c1-2-17-14(10-5-4-8-18-9-10)11-6-3-7-12(16)13(11)15/h3,6-7,9,14,17H,2,4-5,8H2,1H3. The molecular weight excluding hydrogens is 253 g/mol. The number of hydrogen-bond donors (Lipinski definition) is 1. The number of ether oxygens (including phenoxy) is 1. The van der Waals surface area contributed by atoms with E-state index in [0.29, 0.717) is 0 Å². The molecule has 4 heteroatoms. The Kier molecular flexibility index (Phi) is 4.61. The molecule has 1 N–H and O–H groups in total. The van der Waals surface area contributed by atoms with Crippen molar-refractivity contribution in [2.45, 2.75) is 25.8 Å². The zero-order valence-electron chi connectivity index (χ0n) is 10.4. The van der Waals surface area contributed by atoms with E-state index in [4.69, 9.17) is 16.3 Å². The van der Waals surface area contributed by atoms with E-state index in [9.17, 15) is 4.39 Å². The van der Waals surface area contributed by atoms with Crippen LogP contribution < -0.4 is 5.32 Å². The van der Waals surface area contributed by atoms with E-state index in [0.717, 1.165) is 37.1 Å². The first-order valence-corrected chi connectivity index (χ1v) is 6.59. The van der Waals surface area contributed by atoms with Gasteiger partial charge in [0.1, 0.15) is 5.82 Å². The molecule has 2 rings (SSSR count). The van der Waals surface area contributed by atoms with Crippen LogP contribution in [0.15, 0.2) is 30.0 Å². The van der Waals surface area contributed by atoms with Crippen molar-refractivity contribution in [2.24, 2.45) is 0 Å². The van der Waals surface area contributed by atoms with E-state index in [1.807, 2.05) is 13.0 Å². The molecule has 2 nitrogen and oxygen atoms in total. The minimum atomic E-state index is -0.380. The molecule has 1 aliphatic heterocycles. The largest absolute Gasteiger partial charge is 0.501 e. The molecular formula is C14H17ClFNO. The van der Waals surface area contributed by atoms with Crippen molar-refractivity contribution in [1.82, 2.24) is 5.32 Å². The van der Waals surface area contributed by atoms with Crippen LogP contribution in [-0.2, 0) is 4.74 Å². The highest BCUT2D eigenvalue weighted by atomic mass is 35.5. The molecule has 1 heterocycles. The molecule has 0 aliphatic carbocycles. The molecule has 1 aliphatic rings. The fourth-order valence-corrected chi connectivity index (χ4v) is 2.42. The molecule has 0 bridgehead atoms. The van der Waals surface area contributed by atoms with Gasteiger partial charge < -0.3 is 10.1 Å². The number of benzene rings is 1. The summed E-state index contributed by atoms with van der Waals surface area (Å²) in [5.74, 6) is -0.380. The Hall–Kier alpha value is -1.06. The first kappa shape index (κ1) is 13.4. The van der Waals surface area contributed by atoms with Gasteiger partial charge in [-0.1, -0.05) is 30.7 Å². The highest BCUT2D eigenvalue weighted by Crippen LogP contribution is 2.33. The second kappa shape index (κ2) is 6.21. The second-order valence-electron chi connectivity index (χ2n) is 4.30. The lowest BCUT2D eigenvalue weighted by Crippen LogP contribution is -2.24. The molecule has 18 heavy (non-hydrogen) atoms. The van der Waals surface area contributed by atoms with Gasteiger partial charge in [-0.15, -0.1) is 0 Å². The summed E-state index contributed by atoms with van der Waals surface area (Å²) in [7, 11) is 0. The van der Waals surface area contributed by atoms with Crippen LogP contribution in [0.2, 0.25) is 5.02 Å². The van der Waals surface area contributed by atoms with Crippen molar-refractivity contribution in [1.29, 1.82) is 0 Å². The summed E-state index contributed by atoms with van der Waals surface area (Å²) in [6.07, 6.45) is 3.71. The van der Waals surface area contributed by atoms with Crippen molar-refractivity contribution in [3.63, 3.8) is 0 Å². The highest BCUT2D eigenvalue weighted by Gasteiger charge is 2.21. The van der Waals surface area contributed by atoms with Crippen LogP contribution >= 0.6 is 11.6 Å². The van der Waals surface area contributed by atoms with Gasteiger partial charge in [0.15, 0.2) is 0 Å². The maximum Gasteiger partial charge on any atom is 0.142 e. The van der Waals surface area contributed by atoms with E-state index >= 15 is 0 Å². The molecule has 0 radical (unpaired) electrons. The van der Waals surface area contributed by atoms with Gasteiger partial charge in [-0.3, -0.25) is 0 Å². The summed E-state index contributed by atoms with van der Waals surface area (Å²) >= 11 is 6.06. The van der Waals surface area contributed by atoms with Crippen molar-refractivity contribution in [3.8, 4) is 0 Å². The van der Waals surface area contributed by atoms with Crippen molar-refractivity contribution in [2.75, 3.05) is 13.2 Å². The van der Waals surface area contributed by atoms with Crippen LogP contribution in [0.3, 0.4) is 0 Å². The number of likely N-dealkylation sites (N-methyl/N-ethyl adjacent to an activating group) is 1. The van der Waals surface area contributed by atoms with E-state index < -0.39 is 0 Å². The molecule has 1 aromatic carbocycles. The van der Waals surface area contributed by atoms with Gasteiger partial charge >= 0.3 is 0 Å². The quantitative estimate of drug-likeness (QED) is 0.897. The Morgan fingerprint density at radius 3 is 3.00 bits per heavy atom. The normalized spacial score (nSPS) is 16.9. The van der Waals surface area contributed by atoms with Crippen molar-refractivity contribution < 1.29 is 9.13 Å². The van der Waals surface area contributed by atoms with E-state index in [1.165, 1.54) is 6.07 Å². The summed E-state index contributed by atoms with van der Waals surface area (Å²) in [5, 5.41) is 3.53. The Balaban J connectivity index is 2.34. The molecule has 0 spiro atoms. The summed E-state index contributed by atoms with van der Waals surface area (Å²) in [6, 6.07) is 4.85. The lowest BCUT2D eigenvalue weighted by molar-refractivity contribution is 0.219. The van der Waals surface area contributed by atoms with Crippen molar-refractivity contribution >= 4 is 11.6 Å². The van der Waals surface area contributed by atoms with Crippen LogP contribution in [0.25, 0.3) is 0 Å². The Bertz CT molecular complexity index is 447. The van der Waals surface area contributed by atoms with Gasteiger partial charge in [-0.25, -0.2) is 4.39 Å². The third-order valence-corrected chi connectivity index (χ3v) is 3.43. The predicted molar refractivity (Wildman–Crippen MR) is 71.1 cm³/mol. The van der Waals surface area contributed by atoms with Crippen LogP contribution in [0.1, 0.15) is 31.4 Å². The average molecular weight is 270 g/mol. The Morgan fingerprint density at radius 2 is 2.33 bits per heavy atom. The molecule has 1 unspecified atom stereocenters. The minimum absolute atomic E-state index is 0.0708. The van der Waals surface area contributed by atoms with Gasteiger partial charge in [-0.2, -0.15) is 0 Å². The molecule has 0 aromatic heterocycles. The van der Waals surface area contributed by atoms with Crippen LogP contribution in [0.4, 0.5) is 4.39 Å². The Labute approximate surface area is 112 Å². The van der Waals surface area contributed by atoms with Crippen molar-refractivity contribution in [3.05, 3.63) is 46.4 Å². The molecule has 0 saturated carbocycles. The van der Waals surface area contributed by atoms with Gasteiger partial charge in [-0.05, 0) is 36.6 Å². The molecule has 0 amide bonds. The van der Waals surface area contributed by atoms with E-state index in [2.05, 4.69) is 5.32 Å². The third kappa shape index (κ3) is 2.85. The summed E-state index contributed by atoms with van der Waals surface area (Å²) in [4.78, 5) is 0. The predicted octanol–water partition coefficient (Wildman–Crippen LogP) is 3.82. The molecule has 0 fully saturated rings. The lowest BCUT2D eigenvalue weighted by atomic mass is 9.95. The van der Waals surface area contributed by atoms with Crippen LogP contribution in [-0.4, -0.2) is 13.2 Å². The van der Waals surface area contributed by atoms with Gasteiger partial charge in [0.25, 0.3) is 0 Å². The summed E-state index contributed by atoms with van der Waals surface area (Å²) in [5.41, 5.74) is 1.89. The SMILES string of the molecule is CCNC(C1=COCCC1)c1cccc(F)c1Cl. The molecule has 98 valence electrons. The number of nitrogens with one attached hydrogen (secondary N) is 1. The minimum Gasteiger partial charge on any atom is -0.501 e. The van der Waals surface area contributed by atoms with E-state index in [-0.39, 0.29) is 16.9 Å². The highest BCUT2D eigenvalue weighted by molar-refractivity contribution is 6.31. The van der Waals surface area contributed by atoms with Gasteiger partial charge in [0, 0.05) is 0 Å². The molecule has 1 atom stereocenters. The topological polar surface area (TPSA) is 21.3 Å². The smallest absolute Gasteiger partial charge is 0.142 e. The maximum atomic E-state index is 13.5. The fourth-order valence-electron chi connectivity index (χ4n) is 2.19. The number of rotatable bonds is 4. The number of halogens is 2. The fraction of sp³-hybridized carbons (Fsp3) is 0.429. The Morgan fingerprint density at radius 1 is 1.50 bits per heavy atom. The van der Waals surface area contributed by atoms with Crippen LogP contribution in [0.5, 0.6) is 0 Å². The lowest BCUT2D eigenvalue weighted by Gasteiger charge is -2.25. The summed E-state index contributed by atoms with van der Waals surface area (Å²) in [6.45, 7) is 3.55. The van der Waals surface area contributed by atoms with Gasteiger partial charge in [0.2, 0.25) is 0 Å². The van der Waals surface area contributed by atoms with E-state index in [1.54, 1.807) is 12.3 Å². The monoisotopic (exact) mass is 269 g/mol. The average Bonchev–Trinajstić information content (AvgIpc) is 2.41. The number of hydrogen-bond acceptors (Lipinski definition) is 2. The first-order chi connectivity index (χ1) is 8.74. The van der Waals surface area contributed by atoms with Gasteiger partial charge in [0.05, 0.1) is 23.9 Å². The molecule has 1 aromatic rings. The first-order valence-electron chi connectivity index (χ1n) is 6.22. The third-order valence-electron chi connectivity index (χ3n) is 3.03. The maximum absolute atomic E-state index is 13.5. The summed E-state index contributed by atoms with van der Waals surface area (Å²) < 4.78 is 18.9. The molecule has 0 saturated heterocycles. The van der Waals surface area contributed by atoms with Crippen LogP contribution in [0, 0.1) is 5.82 Å². The second-order valence-corrected chi connectivity index (χ2v) is 4.68. The zero-order chi connectivity index (χ0) is 13.0.